The second-order valence-corrected chi connectivity index (χ2v) is 8.94. The van der Waals surface area contributed by atoms with Gasteiger partial charge >= 0.3 is 0 Å². The van der Waals surface area contributed by atoms with Gasteiger partial charge in [-0.3, -0.25) is 4.79 Å². The van der Waals surface area contributed by atoms with E-state index < -0.39 is 26.7 Å². The zero-order valence-corrected chi connectivity index (χ0v) is 15.6. The fraction of sp³-hybridized carbons (Fsp3) is 0.250. The Morgan fingerprint density at radius 2 is 2.00 bits per heavy atom. The zero-order valence-electron chi connectivity index (χ0n) is 13.9. The van der Waals surface area contributed by atoms with Gasteiger partial charge < -0.3 is 5.32 Å². The van der Waals surface area contributed by atoms with Crippen LogP contribution in [0.3, 0.4) is 0 Å². The summed E-state index contributed by atoms with van der Waals surface area (Å²) in [5.41, 5.74) is 0.650. The molecular formula is C16H17N5O3S2. The number of benzene rings is 1. The molecule has 136 valence electrons. The summed E-state index contributed by atoms with van der Waals surface area (Å²) < 4.78 is 26.6. The fourth-order valence-electron chi connectivity index (χ4n) is 2.26. The van der Waals surface area contributed by atoms with E-state index in [0.717, 1.165) is 4.88 Å². The Hall–Kier alpha value is -2.59. The van der Waals surface area contributed by atoms with Gasteiger partial charge in [-0.25, -0.2) is 8.42 Å². The Kier molecular flexibility index (Phi) is 5.43. The maximum Gasteiger partial charge on any atom is 0.238 e. The smallest absolute Gasteiger partial charge is 0.238 e. The van der Waals surface area contributed by atoms with Crippen molar-refractivity contribution in [1.29, 1.82) is 0 Å². The number of thiophene rings is 1. The molecule has 1 atom stereocenters. The van der Waals surface area contributed by atoms with E-state index in [1.807, 2.05) is 23.6 Å². The number of aromatic nitrogens is 4. The van der Waals surface area contributed by atoms with Gasteiger partial charge in [-0.2, -0.15) is 4.68 Å². The molecule has 0 bridgehead atoms. The number of nitrogens with one attached hydrogen (secondary N) is 1. The zero-order chi connectivity index (χ0) is 18.6. The molecule has 2 heterocycles. The van der Waals surface area contributed by atoms with Crippen LogP contribution in [0.2, 0.25) is 0 Å². The van der Waals surface area contributed by atoms with Crippen LogP contribution in [0.1, 0.15) is 17.6 Å². The minimum Gasteiger partial charge on any atom is -0.350 e. The summed E-state index contributed by atoms with van der Waals surface area (Å²) in [6, 6.07) is 12.7. The number of tetrazole rings is 1. The van der Waals surface area contributed by atoms with Crippen molar-refractivity contribution in [2.45, 2.75) is 24.5 Å². The number of sulfone groups is 1. The van der Waals surface area contributed by atoms with E-state index in [9.17, 15) is 13.2 Å². The van der Waals surface area contributed by atoms with Crippen LogP contribution in [0.4, 0.5) is 0 Å². The fourth-order valence-corrected chi connectivity index (χ4v) is 4.11. The molecule has 0 aliphatic heterocycles. The number of hydrogen-bond donors (Lipinski definition) is 1. The van der Waals surface area contributed by atoms with Crippen molar-refractivity contribution in [2.24, 2.45) is 0 Å². The summed E-state index contributed by atoms with van der Waals surface area (Å²) in [4.78, 5) is 13.2. The van der Waals surface area contributed by atoms with Gasteiger partial charge in [0, 0.05) is 4.88 Å². The van der Waals surface area contributed by atoms with Gasteiger partial charge in [0.2, 0.25) is 5.91 Å². The Labute approximate surface area is 154 Å². The summed E-state index contributed by atoms with van der Waals surface area (Å²) in [5, 5.41) is 14.5. The van der Waals surface area contributed by atoms with Crippen LogP contribution < -0.4 is 5.32 Å². The van der Waals surface area contributed by atoms with Crippen LogP contribution in [-0.4, -0.2) is 39.8 Å². The van der Waals surface area contributed by atoms with E-state index in [0.29, 0.717) is 12.2 Å². The molecule has 0 spiro atoms. The first-order chi connectivity index (χ1) is 12.5. The first-order valence-corrected chi connectivity index (χ1v) is 10.4. The highest BCUT2D eigenvalue weighted by atomic mass is 32.2. The number of hydrogen-bond acceptors (Lipinski definition) is 7. The van der Waals surface area contributed by atoms with E-state index in [1.54, 1.807) is 24.3 Å². The molecule has 2 aromatic heterocycles. The van der Waals surface area contributed by atoms with Crippen molar-refractivity contribution in [1.82, 2.24) is 25.5 Å². The lowest BCUT2D eigenvalue weighted by Crippen LogP contribution is -2.38. The molecule has 0 aliphatic rings. The van der Waals surface area contributed by atoms with Gasteiger partial charge in [-0.1, -0.05) is 24.3 Å². The monoisotopic (exact) mass is 391 g/mol. The summed E-state index contributed by atoms with van der Waals surface area (Å²) in [6.07, 6.45) is 0. The van der Waals surface area contributed by atoms with Crippen molar-refractivity contribution in [2.75, 3.05) is 0 Å². The predicted molar refractivity (Wildman–Crippen MR) is 97.4 cm³/mol. The van der Waals surface area contributed by atoms with Gasteiger partial charge in [0.05, 0.1) is 12.2 Å². The summed E-state index contributed by atoms with van der Waals surface area (Å²) >= 11 is 1.49. The van der Waals surface area contributed by atoms with E-state index in [1.165, 1.54) is 22.9 Å². The molecular weight excluding hydrogens is 374 g/mol. The Morgan fingerprint density at radius 3 is 2.69 bits per heavy atom. The largest absolute Gasteiger partial charge is 0.350 e. The molecule has 0 saturated carbocycles. The number of carbonyl (C=O) groups is 1. The molecule has 1 unspecified atom stereocenters. The van der Waals surface area contributed by atoms with Crippen LogP contribution in [0, 0.1) is 0 Å². The molecule has 0 aliphatic carbocycles. The third-order valence-corrected chi connectivity index (χ3v) is 6.62. The number of para-hydroxylation sites is 1. The van der Waals surface area contributed by atoms with E-state index >= 15 is 0 Å². The molecule has 26 heavy (non-hydrogen) atoms. The first kappa shape index (κ1) is 18.2. The molecule has 0 saturated heterocycles. The topological polar surface area (TPSA) is 107 Å². The Morgan fingerprint density at radius 1 is 1.23 bits per heavy atom. The maximum absolute atomic E-state index is 12.6. The van der Waals surface area contributed by atoms with Crippen molar-refractivity contribution in [3.05, 3.63) is 58.5 Å². The Balaban J connectivity index is 1.71. The van der Waals surface area contributed by atoms with Gasteiger partial charge in [0.1, 0.15) is 11.0 Å². The van der Waals surface area contributed by atoms with Gasteiger partial charge in [-0.05, 0) is 40.9 Å². The molecule has 1 N–H and O–H groups in total. The second-order valence-electron chi connectivity index (χ2n) is 5.59. The quantitative estimate of drug-likeness (QED) is 0.651. The molecule has 8 nitrogen and oxygen atoms in total. The average Bonchev–Trinajstić information content (AvgIpc) is 3.31. The van der Waals surface area contributed by atoms with E-state index in [4.69, 9.17) is 0 Å². The van der Waals surface area contributed by atoms with E-state index in [2.05, 4.69) is 20.8 Å². The lowest BCUT2D eigenvalue weighted by molar-refractivity contribution is -0.120. The molecule has 3 aromatic rings. The number of nitrogens with zero attached hydrogens (tertiary/aromatic N) is 4. The van der Waals surface area contributed by atoms with Gasteiger partial charge in [0.15, 0.2) is 15.7 Å². The first-order valence-electron chi connectivity index (χ1n) is 7.82. The van der Waals surface area contributed by atoms with Crippen molar-refractivity contribution >= 4 is 27.1 Å². The number of rotatable bonds is 7. The molecule has 1 aromatic carbocycles. The molecule has 1 amide bonds. The molecule has 0 fully saturated rings. The Bertz CT molecular complexity index is 969. The van der Waals surface area contributed by atoms with Crippen LogP contribution in [0.15, 0.2) is 47.8 Å². The minimum absolute atomic E-state index is 0.161. The van der Waals surface area contributed by atoms with Crippen molar-refractivity contribution < 1.29 is 13.2 Å². The predicted octanol–water partition coefficient (Wildman–Crippen LogP) is 1.34. The second kappa shape index (κ2) is 7.75. The standard InChI is InChI=1S/C16H17N5O3S2/c1-12(16(22)17-10-14-8-5-9-25-14)26(23,24)11-15-18-19-20-21(15)13-6-3-2-4-7-13/h2-9,12H,10-11H2,1H3,(H,17,22). The van der Waals surface area contributed by atoms with Crippen LogP contribution in [0.5, 0.6) is 0 Å². The third-order valence-electron chi connectivity index (χ3n) is 3.79. The molecule has 0 radical (unpaired) electrons. The van der Waals surface area contributed by atoms with Crippen LogP contribution >= 0.6 is 11.3 Å². The highest BCUT2D eigenvalue weighted by molar-refractivity contribution is 7.92. The third kappa shape index (κ3) is 4.14. The lowest BCUT2D eigenvalue weighted by atomic mass is 10.3. The highest BCUT2D eigenvalue weighted by Crippen LogP contribution is 2.14. The van der Waals surface area contributed by atoms with Crippen LogP contribution in [-0.2, 0) is 26.9 Å². The SMILES string of the molecule is CC(C(=O)NCc1cccs1)S(=O)(=O)Cc1nnnn1-c1ccccc1. The summed E-state index contributed by atoms with van der Waals surface area (Å²) in [7, 11) is -3.78. The summed E-state index contributed by atoms with van der Waals surface area (Å²) in [5.74, 6) is -0.811. The minimum atomic E-state index is -3.78. The maximum atomic E-state index is 12.6. The number of carbonyl (C=O) groups excluding carboxylic acids is 1. The highest BCUT2D eigenvalue weighted by Gasteiger charge is 2.30. The van der Waals surface area contributed by atoms with Crippen molar-refractivity contribution in [3.63, 3.8) is 0 Å². The molecule has 10 heteroatoms. The molecule has 3 rings (SSSR count). The number of amides is 1. The summed E-state index contributed by atoms with van der Waals surface area (Å²) in [6.45, 7) is 1.67. The van der Waals surface area contributed by atoms with Gasteiger partial charge in [0.25, 0.3) is 0 Å². The van der Waals surface area contributed by atoms with E-state index in [-0.39, 0.29) is 5.82 Å². The average molecular weight is 391 g/mol. The van der Waals surface area contributed by atoms with Gasteiger partial charge in [-0.15, -0.1) is 16.4 Å². The lowest BCUT2D eigenvalue weighted by Gasteiger charge is -2.13. The van der Waals surface area contributed by atoms with Crippen LogP contribution in [0.25, 0.3) is 5.69 Å². The van der Waals surface area contributed by atoms with Crippen molar-refractivity contribution in [3.8, 4) is 5.69 Å². The normalized spacial score (nSPS) is 12.7.